The fourth-order valence-electron chi connectivity index (χ4n) is 3.08. The summed E-state index contributed by atoms with van der Waals surface area (Å²) in [5.74, 6) is 0.461. The largest absolute Gasteiger partial charge is 0.504 e. The predicted molar refractivity (Wildman–Crippen MR) is 96.5 cm³/mol. The predicted octanol–water partition coefficient (Wildman–Crippen LogP) is 3.93. The van der Waals surface area contributed by atoms with Crippen LogP contribution in [0.5, 0.6) is 11.5 Å². The van der Waals surface area contributed by atoms with Crippen molar-refractivity contribution in [2.45, 2.75) is 38.1 Å². The van der Waals surface area contributed by atoms with Crippen LogP contribution in [0.2, 0.25) is 0 Å². The van der Waals surface area contributed by atoms with E-state index >= 15 is 0 Å². The fraction of sp³-hybridized carbons (Fsp3) is 0.412. The van der Waals surface area contributed by atoms with Crippen molar-refractivity contribution in [1.29, 1.82) is 0 Å². The van der Waals surface area contributed by atoms with Gasteiger partial charge in [-0.1, -0.05) is 49.3 Å². The summed E-state index contributed by atoms with van der Waals surface area (Å²) in [6.07, 6.45) is 7.40. The number of hydrogen-bond acceptors (Lipinski definition) is 5. The number of phenolic OH excluding ortho intramolecular Hbond substituents is 1. The molecule has 0 unspecified atom stereocenters. The molecule has 4 nitrogen and oxygen atoms in total. The lowest BCUT2D eigenvalue weighted by Gasteiger charge is -2.29. The Hall–Kier alpha value is -1.53. The van der Waals surface area contributed by atoms with Gasteiger partial charge in [-0.15, -0.1) is 0 Å². The highest BCUT2D eigenvalue weighted by Crippen LogP contribution is 2.38. The molecule has 0 atom stereocenters. The molecule has 1 N–H and O–H groups in total. The Labute approximate surface area is 145 Å². The molecule has 122 valence electrons. The van der Waals surface area contributed by atoms with Crippen LogP contribution in [0.15, 0.2) is 23.1 Å². The van der Waals surface area contributed by atoms with E-state index in [1.165, 1.54) is 25.3 Å². The number of benzene rings is 1. The zero-order chi connectivity index (χ0) is 16.4. The molecule has 3 rings (SSSR count). The van der Waals surface area contributed by atoms with Crippen molar-refractivity contribution in [2.24, 2.45) is 0 Å². The average Bonchev–Trinajstić information content (AvgIpc) is 2.82. The topological polar surface area (TPSA) is 49.8 Å². The Morgan fingerprint density at radius 2 is 2.09 bits per heavy atom. The highest BCUT2D eigenvalue weighted by molar-refractivity contribution is 8.26. The van der Waals surface area contributed by atoms with Crippen LogP contribution in [0.1, 0.15) is 37.7 Å². The second-order valence-corrected chi connectivity index (χ2v) is 7.45. The average molecular weight is 349 g/mol. The maximum Gasteiger partial charge on any atom is 0.266 e. The van der Waals surface area contributed by atoms with Crippen LogP contribution in [0, 0.1) is 0 Å². The molecule has 1 saturated heterocycles. The number of thioether (sulfide) groups is 1. The van der Waals surface area contributed by atoms with Crippen molar-refractivity contribution >= 4 is 40.3 Å². The van der Waals surface area contributed by atoms with E-state index in [0.717, 1.165) is 31.2 Å². The van der Waals surface area contributed by atoms with Crippen LogP contribution in [0.4, 0.5) is 0 Å². The molecule has 23 heavy (non-hydrogen) atoms. The smallest absolute Gasteiger partial charge is 0.266 e. The lowest BCUT2D eigenvalue weighted by Crippen LogP contribution is -2.39. The Balaban J connectivity index is 1.82. The standard InChI is InChI=1S/C17H19NO3S2/c1-21-14-8-7-11(9-13(14)19)10-15-16(20)18(17(22)23-15)12-5-3-2-4-6-12/h7-10,12,19H,2-6H2,1H3/b15-10-. The Morgan fingerprint density at radius 3 is 2.74 bits per heavy atom. The van der Waals surface area contributed by atoms with Crippen LogP contribution in [0.3, 0.4) is 0 Å². The zero-order valence-corrected chi connectivity index (χ0v) is 14.6. The molecule has 1 aliphatic carbocycles. The molecule has 1 saturated carbocycles. The number of ether oxygens (including phenoxy) is 1. The van der Waals surface area contributed by atoms with Crippen molar-refractivity contribution in [3.8, 4) is 11.5 Å². The quantitative estimate of drug-likeness (QED) is 0.662. The Bertz CT molecular complexity index is 666. The lowest BCUT2D eigenvalue weighted by atomic mass is 9.94. The summed E-state index contributed by atoms with van der Waals surface area (Å²) in [6.45, 7) is 0. The summed E-state index contributed by atoms with van der Waals surface area (Å²) < 4.78 is 5.68. The first-order valence-corrected chi connectivity index (χ1v) is 8.96. The lowest BCUT2D eigenvalue weighted by molar-refractivity contribution is -0.124. The maximum atomic E-state index is 12.7. The SMILES string of the molecule is COc1ccc(/C=C2\SC(=S)N(C3CCCCC3)C2=O)cc1O. The first kappa shape index (κ1) is 16.3. The summed E-state index contributed by atoms with van der Waals surface area (Å²) in [5.41, 5.74) is 0.757. The normalized spacial score (nSPS) is 21.3. The van der Waals surface area contributed by atoms with E-state index in [1.807, 2.05) is 6.07 Å². The summed E-state index contributed by atoms with van der Waals surface area (Å²) in [5, 5.41) is 9.86. The van der Waals surface area contributed by atoms with Crippen molar-refractivity contribution in [2.75, 3.05) is 7.11 Å². The van der Waals surface area contributed by atoms with E-state index in [1.54, 1.807) is 23.1 Å². The van der Waals surface area contributed by atoms with Crippen LogP contribution in [0.25, 0.3) is 6.08 Å². The summed E-state index contributed by atoms with van der Waals surface area (Å²) >= 11 is 6.76. The van der Waals surface area contributed by atoms with Gasteiger partial charge in [0.1, 0.15) is 4.32 Å². The summed E-state index contributed by atoms with van der Waals surface area (Å²) in [4.78, 5) is 15.1. The van der Waals surface area contributed by atoms with E-state index in [0.29, 0.717) is 15.0 Å². The molecule has 0 bridgehead atoms. The third-order valence-electron chi connectivity index (χ3n) is 4.26. The first-order valence-electron chi connectivity index (χ1n) is 7.74. The highest BCUT2D eigenvalue weighted by Gasteiger charge is 2.37. The second-order valence-electron chi connectivity index (χ2n) is 5.77. The number of rotatable bonds is 3. The third kappa shape index (κ3) is 3.38. The molecular weight excluding hydrogens is 330 g/mol. The van der Waals surface area contributed by atoms with E-state index in [9.17, 15) is 9.90 Å². The van der Waals surface area contributed by atoms with Gasteiger partial charge < -0.3 is 9.84 Å². The highest BCUT2D eigenvalue weighted by atomic mass is 32.2. The van der Waals surface area contributed by atoms with Gasteiger partial charge in [0.2, 0.25) is 0 Å². The van der Waals surface area contributed by atoms with Crippen molar-refractivity contribution in [3.63, 3.8) is 0 Å². The minimum atomic E-state index is -0.0118. The minimum absolute atomic E-state index is 0.0118. The van der Waals surface area contributed by atoms with E-state index in [4.69, 9.17) is 17.0 Å². The number of phenols is 1. The molecule has 0 spiro atoms. The van der Waals surface area contributed by atoms with Gasteiger partial charge in [-0.2, -0.15) is 0 Å². The van der Waals surface area contributed by atoms with Gasteiger partial charge in [0.25, 0.3) is 5.91 Å². The molecule has 0 aromatic heterocycles. The molecule has 2 fully saturated rings. The zero-order valence-electron chi connectivity index (χ0n) is 12.9. The van der Waals surface area contributed by atoms with Crippen LogP contribution in [-0.4, -0.2) is 33.4 Å². The number of carbonyl (C=O) groups is 1. The van der Waals surface area contributed by atoms with Crippen LogP contribution < -0.4 is 4.74 Å². The van der Waals surface area contributed by atoms with Gasteiger partial charge in [0.15, 0.2) is 11.5 Å². The minimum Gasteiger partial charge on any atom is -0.504 e. The van der Waals surface area contributed by atoms with Crippen molar-refractivity contribution < 1.29 is 14.6 Å². The molecule has 6 heteroatoms. The fourth-order valence-corrected chi connectivity index (χ4v) is 4.48. The first-order chi connectivity index (χ1) is 11.1. The molecule has 1 heterocycles. The van der Waals surface area contributed by atoms with Gasteiger partial charge in [-0.25, -0.2) is 0 Å². The number of methoxy groups -OCH3 is 1. The van der Waals surface area contributed by atoms with Crippen molar-refractivity contribution in [3.05, 3.63) is 28.7 Å². The van der Waals surface area contributed by atoms with Crippen LogP contribution in [-0.2, 0) is 4.79 Å². The monoisotopic (exact) mass is 349 g/mol. The third-order valence-corrected chi connectivity index (χ3v) is 5.59. The molecule has 1 aliphatic heterocycles. The molecule has 2 aliphatic rings. The second kappa shape index (κ2) is 6.93. The van der Waals surface area contributed by atoms with Gasteiger partial charge in [-0.3, -0.25) is 9.69 Å². The maximum absolute atomic E-state index is 12.7. The van der Waals surface area contributed by atoms with Gasteiger partial charge in [0.05, 0.1) is 12.0 Å². The summed E-state index contributed by atoms with van der Waals surface area (Å²) in [6, 6.07) is 5.33. The van der Waals surface area contributed by atoms with Gasteiger partial charge >= 0.3 is 0 Å². The number of hydrogen-bond donors (Lipinski definition) is 1. The Kier molecular flexibility index (Phi) is 4.92. The molecular formula is C17H19NO3S2. The Morgan fingerprint density at radius 1 is 1.35 bits per heavy atom. The van der Waals surface area contributed by atoms with E-state index in [2.05, 4.69) is 0 Å². The molecule has 1 aromatic rings. The van der Waals surface area contributed by atoms with Crippen LogP contribution >= 0.6 is 24.0 Å². The number of carbonyl (C=O) groups excluding carboxylic acids is 1. The van der Waals surface area contributed by atoms with Gasteiger partial charge in [-0.05, 0) is 36.6 Å². The van der Waals surface area contributed by atoms with Crippen molar-refractivity contribution in [1.82, 2.24) is 4.90 Å². The summed E-state index contributed by atoms with van der Waals surface area (Å²) in [7, 11) is 1.50. The van der Waals surface area contributed by atoms with E-state index < -0.39 is 0 Å². The number of amides is 1. The number of thiocarbonyl (C=S) groups is 1. The van der Waals surface area contributed by atoms with E-state index in [-0.39, 0.29) is 17.7 Å². The number of aromatic hydroxyl groups is 1. The molecule has 1 amide bonds. The van der Waals surface area contributed by atoms with Gasteiger partial charge in [0, 0.05) is 6.04 Å². The molecule has 0 radical (unpaired) electrons. The molecule has 1 aromatic carbocycles. The number of nitrogens with zero attached hydrogens (tertiary/aromatic N) is 1.